The summed E-state index contributed by atoms with van der Waals surface area (Å²) in [6, 6.07) is 14.8. The Bertz CT molecular complexity index is 435. The van der Waals surface area contributed by atoms with Gasteiger partial charge in [-0.2, -0.15) is 0 Å². The van der Waals surface area contributed by atoms with Crippen molar-refractivity contribution in [1.82, 2.24) is 0 Å². The molecule has 0 aliphatic carbocycles. The predicted molar refractivity (Wildman–Crippen MR) is 73.8 cm³/mol. The Balaban J connectivity index is 0.000000386. The van der Waals surface area contributed by atoms with Gasteiger partial charge in [-0.3, -0.25) is 0 Å². The topological polar surface area (TPSA) is 0 Å². The van der Waals surface area contributed by atoms with Gasteiger partial charge >= 0.3 is 0 Å². The number of fused-ring (bicyclic) bond motifs is 1. The summed E-state index contributed by atoms with van der Waals surface area (Å²) >= 11 is 0. The molecule has 0 amide bonds. The van der Waals surface area contributed by atoms with Crippen LogP contribution in [-0.4, -0.2) is 0 Å². The molecule has 2 rings (SSSR count). The summed E-state index contributed by atoms with van der Waals surface area (Å²) in [6.07, 6.45) is 4.14. The van der Waals surface area contributed by atoms with Crippen molar-refractivity contribution in [3.63, 3.8) is 0 Å². The third-order valence-corrected chi connectivity index (χ3v) is 2.24. The molecule has 0 saturated carbocycles. The van der Waals surface area contributed by atoms with E-state index in [1.54, 1.807) is 0 Å². The molecule has 0 aliphatic rings. The summed E-state index contributed by atoms with van der Waals surface area (Å²) in [6.45, 7) is 8.01. The van der Waals surface area contributed by atoms with Gasteiger partial charge in [0.25, 0.3) is 0 Å². The minimum Gasteiger partial charge on any atom is -0.103 e. The number of allylic oxidation sites excluding steroid dienone is 1. The summed E-state index contributed by atoms with van der Waals surface area (Å²) in [5, 5.41) is 2.65. The zero-order chi connectivity index (χ0) is 11.8. The molecule has 0 saturated heterocycles. The van der Waals surface area contributed by atoms with Gasteiger partial charge in [-0.1, -0.05) is 68.8 Å². The highest BCUT2D eigenvalue weighted by Gasteiger charge is 1.96. The maximum Gasteiger partial charge on any atom is -0.00940 e. The fraction of sp³-hybridized carbons (Fsp3) is 0.250. The summed E-state index contributed by atoms with van der Waals surface area (Å²) in [5.41, 5.74) is 1.35. The van der Waals surface area contributed by atoms with Crippen molar-refractivity contribution in [3.8, 4) is 0 Å². The van der Waals surface area contributed by atoms with Crippen LogP contribution in [0.1, 0.15) is 25.8 Å². The predicted octanol–water partition coefficient (Wildman–Crippen LogP) is 4.98. The first-order valence-corrected chi connectivity index (χ1v) is 5.91. The van der Waals surface area contributed by atoms with Crippen LogP contribution in [-0.2, 0) is 6.42 Å². The summed E-state index contributed by atoms with van der Waals surface area (Å²) in [5.74, 6) is 0. The Hall–Kier alpha value is -1.56. The zero-order valence-corrected chi connectivity index (χ0v) is 10.2. The van der Waals surface area contributed by atoms with E-state index in [0.717, 1.165) is 6.42 Å². The molecule has 0 heterocycles. The van der Waals surface area contributed by atoms with Crippen molar-refractivity contribution in [3.05, 3.63) is 60.7 Å². The maximum absolute atomic E-state index is 3.76. The van der Waals surface area contributed by atoms with Gasteiger partial charge in [0.2, 0.25) is 0 Å². The van der Waals surface area contributed by atoms with Crippen LogP contribution in [0.3, 0.4) is 0 Å². The normalized spacial score (nSPS) is 9.38. The van der Waals surface area contributed by atoms with Crippen LogP contribution in [0.15, 0.2) is 55.1 Å². The first kappa shape index (κ1) is 12.5. The molecular formula is C16H20. The quantitative estimate of drug-likeness (QED) is 0.615. The Labute approximate surface area is 98.6 Å². The van der Waals surface area contributed by atoms with Gasteiger partial charge in [0.1, 0.15) is 0 Å². The van der Waals surface area contributed by atoms with E-state index in [2.05, 4.69) is 62.9 Å². The van der Waals surface area contributed by atoms with E-state index >= 15 is 0 Å². The fourth-order valence-electron chi connectivity index (χ4n) is 1.63. The van der Waals surface area contributed by atoms with Crippen LogP contribution < -0.4 is 0 Å². The molecule has 0 nitrogen and oxygen atoms in total. The van der Waals surface area contributed by atoms with Crippen LogP contribution in [0.4, 0.5) is 0 Å². The van der Waals surface area contributed by atoms with Crippen LogP contribution in [0, 0.1) is 0 Å². The van der Waals surface area contributed by atoms with Crippen LogP contribution in [0.25, 0.3) is 10.8 Å². The number of benzene rings is 2. The largest absolute Gasteiger partial charge is 0.103 e. The van der Waals surface area contributed by atoms with Gasteiger partial charge in [0, 0.05) is 0 Å². The smallest absolute Gasteiger partial charge is 0.00940 e. The van der Waals surface area contributed by atoms with Crippen LogP contribution in [0.2, 0.25) is 0 Å². The highest BCUT2D eigenvalue weighted by Crippen LogP contribution is 2.18. The molecule has 0 atom stereocenters. The second-order valence-electron chi connectivity index (χ2n) is 3.84. The standard InChI is InChI=1S/C13H12.C3H8/c1-2-6-11-8-5-9-12-7-3-4-10-13(11)12;1-3-2/h2-5,7-10H,1,6H2;3H2,1-2H3. The van der Waals surface area contributed by atoms with E-state index in [4.69, 9.17) is 0 Å². The Morgan fingerprint density at radius 1 is 1.00 bits per heavy atom. The molecular weight excluding hydrogens is 192 g/mol. The Morgan fingerprint density at radius 3 is 2.31 bits per heavy atom. The SMILES string of the molecule is C=CCc1cccc2ccccc12.CCC. The summed E-state index contributed by atoms with van der Waals surface area (Å²) in [4.78, 5) is 0. The van der Waals surface area contributed by atoms with Gasteiger partial charge in [0.05, 0.1) is 0 Å². The molecule has 0 unspecified atom stereocenters. The minimum atomic E-state index is 0.946. The van der Waals surface area contributed by atoms with Gasteiger partial charge in [0.15, 0.2) is 0 Å². The molecule has 2 aromatic rings. The number of rotatable bonds is 2. The molecule has 0 bridgehead atoms. The highest BCUT2D eigenvalue weighted by atomic mass is 14.0. The van der Waals surface area contributed by atoms with E-state index in [1.807, 2.05) is 6.08 Å². The molecule has 16 heavy (non-hydrogen) atoms. The molecule has 0 aliphatic heterocycles. The van der Waals surface area contributed by atoms with Gasteiger partial charge in [-0.05, 0) is 22.8 Å². The van der Waals surface area contributed by atoms with E-state index in [1.165, 1.54) is 22.8 Å². The third-order valence-electron chi connectivity index (χ3n) is 2.24. The average molecular weight is 212 g/mol. The fourth-order valence-corrected chi connectivity index (χ4v) is 1.63. The van der Waals surface area contributed by atoms with Gasteiger partial charge < -0.3 is 0 Å². The monoisotopic (exact) mass is 212 g/mol. The van der Waals surface area contributed by atoms with Crippen molar-refractivity contribution in [2.24, 2.45) is 0 Å². The van der Waals surface area contributed by atoms with E-state index in [0.29, 0.717) is 0 Å². The average Bonchev–Trinajstić information content (AvgIpc) is 2.31. The van der Waals surface area contributed by atoms with Crippen molar-refractivity contribution in [1.29, 1.82) is 0 Å². The van der Waals surface area contributed by atoms with Crippen LogP contribution in [0.5, 0.6) is 0 Å². The highest BCUT2D eigenvalue weighted by molar-refractivity contribution is 5.85. The molecule has 0 spiro atoms. The second kappa shape index (κ2) is 6.84. The number of hydrogen-bond acceptors (Lipinski definition) is 0. The van der Waals surface area contributed by atoms with Crippen LogP contribution >= 0.6 is 0 Å². The van der Waals surface area contributed by atoms with Gasteiger partial charge in [-0.25, -0.2) is 0 Å². The number of hydrogen-bond donors (Lipinski definition) is 0. The van der Waals surface area contributed by atoms with Gasteiger partial charge in [-0.15, -0.1) is 6.58 Å². The van der Waals surface area contributed by atoms with Crippen molar-refractivity contribution >= 4 is 10.8 Å². The van der Waals surface area contributed by atoms with E-state index in [-0.39, 0.29) is 0 Å². The van der Waals surface area contributed by atoms with Crippen molar-refractivity contribution in [2.75, 3.05) is 0 Å². The molecule has 84 valence electrons. The summed E-state index contributed by atoms with van der Waals surface area (Å²) < 4.78 is 0. The zero-order valence-electron chi connectivity index (χ0n) is 10.2. The van der Waals surface area contributed by atoms with Crippen molar-refractivity contribution in [2.45, 2.75) is 26.7 Å². The Morgan fingerprint density at radius 2 is 1.62 bits per heavy atom. The minimum absolute atomic E-state index is 0.946. The molecule has 0 heteroatoms. The molecule has 0 aromatic heterocycles. The first-order valence-electron chi connectivity index (χ1n) is 5.91. The lowest BCUT2D eigenvalue weighted by atomic mass is 10.0. The molecule has 0 radical (unpaired) electrons. The molecule has 0 fully saturated rings. The maximum atomic E-state index is 3.76. The summed E-state index contributed by atoms with van der Waals surface area (Å²) in [7, 11) is 0. The molecule has 0 N–H and O–H groups in total. The lowest BCUT2D eigenvalue weighted by Crippen LogP contribution is -1.82. The molecule has 2 aromatic carbocycles. The lowest BCUT2D eigenvalue weighted by molar-refractivity contribution is 1.09. The second-order valence-corrected chi connectivity index (χ2v) is 3.84. The van der Waals surface area contributed by atoms with Crippen molar-refractivity contribution < 1.29 is 0 Å². The van der Waals surface area contributed by atoms with E-state index < -0.39 is 0 Å². The third kappa shape index (κ3) is 3.23. The first-order chi connectivity index (χ1) is 7.83. The van der Waals surface area contributed by atoms with E-state index in [9.17, 15) is 0 Å². The lowest BCUT2D eigenvalue weighted by Gasteiger charge is -2.02. The Kier molecular flexibility index (Phi) is 5.35.